The van der Waals surface area contributed by atoms with Gasteiger partial charge in [-0.1, -0.05) is 32.9 Å². The molecular formula is C24H27N5O2. The number of amides is 1. The molecule has 1 amide bonds. The summed E-state index contributed by atoms with van der Waals surface area (Å²) in [5, 5.41) is 10.7. The fourth-order valence-electron chi connectivity index (χ4n) is 3.95. The van der Waals surface area contributed by atoms with E-state index < -0.39 is 0 Å². The van der Waals surface area contributed by atoms with E-state index in [0.717, 1.165) is 28.2 Å². The first-order valence-corrected chi connectivity index (χ1v) is 10.3. The van der Waals surface area contributed by atoms with Crippen molar-refractivity contribution in [1.29, 1.82) is 0 Å². The lowest BCUT2D eigenvalue weighted by Crippen LogP contribution is -2.18. The molecule has 1 unspecified atom stereocenters. The third kappa shape index (κ3) is 3.95. The Morgan fingerprint density at radius 1 is 1.19 bits per heavy atom. The van der Waals surface area contributed by atoms with Crippen LogP contribution in [0.2, 0.25) is 0 Å². The van der Waals surface area contributed by atoms with E-state index in [0.29, 0.717) is 17.9 Å². The minimum Gasteiger partial charge on any atom is -0.369 e. The second-order valence-corrected chi connectivity index (χ2v) is 8.97. The molecule has 160 valence electrons. The van der Waals surface area contributed by atoms with Gasteiger partial charge in [-0.3, -0.25) is 14.3 Å². The summed E-state index contributed by atoms with van der Waals surface area (Å²) in [6, 6.07) is 11.4. The van der Waals surface area contributed by atoms with Crippen LogP contribution < -0.4 is 10.6 Å². The highest BCUT2D eigenvalue weighted by Crippen LogP contribution is 2.40. The van der Waals surface area contributed by atoms with Crippen LogP contribution >= 0.6 is 0 Å². The summed E-state index contributed by atoms with van der Waals surface area (Å²) in [7, 11) is 1.81. The molecule has 2 N–H and O–H groups in total. The molecule has 1 aliphatic rings. The number of hydrogen-bond acceptors (Lipinski definition) is 5. The number of anilines is 2. The predicted molar refractivity (Wildman–Crippen MR) is 121 cm³/mol. The van der Waals surface area contributed by atoms with Crippen molar-refractivity contribution in [1.82, 2.24) is 14.8 Å². The molecule has 31 heavy (non-hydrogen) atoms. The number of nitrogens with one attached hydrogen (secondary N) is 2. The van der Waals surface area contributed by atoms with Crippen LogP contribution in [0.5, 0.6) is 0 Å². The van der Waals surface area contributed by atoms with E-state index in [4.69, 9.17) is 0 Å². The first kappa shape index (κ1) is 20.8. The number of carbonyl (C=O) groups is 2. The van der Waals surface area contributed by atoms with Crippen LogP contribution in [0.4, 0.5) is 11.5 Å². The number of nitrogens with zero attached hydrogens (tertiary/aromatic N) is 3. The van der Waals surface area contributed by atoms with Crippen LogP contribution in [0.15, 0.2) is 42.6 Å². The maximum absolute atomic E-state index is 13.6. The smallest absolute Gasteiger partial charge is 0.221 e. The maximum Gasteiger partial charge on any atom is 0.221 e. The average molecular weight is 418 g/mol. The van der Waals surface area contributed by atoms with Gasteiger partial charge in [0.25, 0.3) is 0 Å². The highest BCUT2D eigenvalue weighted by Gasteiger charge is 2.35. The lowest BCUT2D eigenvalue weighted by molar-refractivity contribution is -0.114. The summed E-state index contributed by atoms with van der Waals surface area (Å²) in [6.45, 7) is 8.22. The Labute approximate surface area is 181 Å². The molecule has 0 fully saturated rings. The fourth-order valence-corrected chi connectivity index (χ4v) is 3.95. The molecule has 0 radical (unpaired) electrons. The molecular weight excluding hydrogens is 390 g/mol. The lowest BCUT2D eigenvalue weighted by atomic mass is 9.88. The zero-order valence-corrected chi connectivity index (χ0v) is 18.5. The van der Waals surface area contributed by atoms with Crippen molar-refractivity contribution >= 4 is 23.2 Å². The molecule has 7 nitrogen and oxygen atoms in total. The summed E-state index contributed by atoms with van der Waals surface area (Å²) in [5.74, 6) is 0.243. The van der Waals surface area contributed by atoms with Crippen LogP contribution in [-0.2, 0) is 17.3 Å². The van der Waals surface area contributed by atoms with E-state index in [1.165, 1.54) is 6.92 Å². The van der Waals surface area contributed by atoms with Crippen molar-refractivity contribution in [2.24, 2.45) is 7.05 Å². The maximum atomic E-state index is 13.6. The number of ketones is 1. The summed E-state index contributed by atoms with van der Waals surface area (Å²) >= 11 is 0. The number of pyridine rings is 1. The SMILES string of the molecule is CC(=O)Nc1cccc(-c2ccnc3c2C(C(=O)c2cc(C(C)(C)C)nn2C)CN3)c1. The van der Waals surface area contributed by atoms with E-state index in [-0.39, 0.29) is 23.0 Å². The Morgan fingerprint density at radius 2 is 1.97 bits per heavy atom. The molecule has 2 aromatic heterocycles. The molecule has 1 atom stereocenters. The van der Waals surface area contributed by atoms with Gasteiger partial charge >= 0.3 is 0 Å². The second kappa shape index (κ2) is 7.65. The third-order valence-electron chi connectivity index (χ3n) is 5.52. The molecule has 1 aliphatic heterocycles. The zero-order chi connectivity index (χ0) is 22.3. The molecule has 0 saturated carbocycles. The van der Waals surface area contributed by atoms with Crippen LogP contribution in [0.1, 0.15) is 55.4 Å². The summed E-state index contributed by atoms with van der Waals surface area (Å²) in [4.78, 5) is 29.5. The minimum atomic E-state index is -0.369. The van der Waals surface area contributed by atoms with Gasteiger partial charge in [0.05, 0.1) is 11.6 Å². The summed E-state index contributed by atoms with van der Waals surface area (Å²) in [5.41, 5.74) is 4.78. The van der Waals surface area contributed by atoms with Gasteiger partial charge in [-0.15, -0.1) is 0 Å². The second-order valence-electron chi connectivity index (χ2n) is 8.97. The van der Waals surface area contributed by atoms with Crippen molar-refractivity contribution in [3.63, 3.8) is 0 Å². The van der Waals surface area contributed by atoms with Crippen molar-refractivity contribution < 1.29 is 9.59 Å². The van der Waals surface area contributed by atoms with E-state index in [2.05, 4.69) is 41.5 Å². The molecule has 7 heteroatoms. The number of aromatic nitrogens is 3. The number of aryl methyl sites for hydroxylation is 1. The monoisotopic (exact) mass is 417 g/mol. The Morgan fingerprint density at radius 3 is 2.65 bits per heavy atom. The van der Waals surface area contributed by atoms with Gasteiger partial charge in [-0.05, 0) is 35.4 Å². The van der Waals surface area contributed by atoms with E-state index in [1.54, 1.807) is 10.9 Å². The largest absolute Gasteiger partial charge is 0.369 e. The number of Topliss-reactive ketones (excluding diaryl/α,β-unsaturated/α-hetero) is 1. The van der Waals surface area contributed by atoms with Gasteiger partial charge in [-0.2, -0.15) is 5.10 Å². The molecule has 1 aromatic carbocycles. The Hall–Kier alpha value is -3.48. The highest BCUT2D eigenvalue weighted by atomic mass is 16.1. The van der Waals surface area contributed by atoms with Gasteiger partial charge in [0.15, 0.2) is 5.78 Å². The normalized spacial score (nSPS) is 15.3. The van der Waals surface area contributed by atoms with E-state index in [9.17, 15) is 9.59 Å². The van der Waals surface area contributed by atoms with Gasteiger partial charge < -0.3 is 10.6 Å². The quantitative estimate of drug-likeness (QED) is 0.623. The molecule has 3 heterocycles. The van der Waals surface area contributed by atoms with Crippen LogP contribution in [0.25, 0.3) is 11.1 Å². The number of benzene rings is 1. The topological polar surface area (TPSA) is 88.9 Å². The van der Waals surface area contributed by atoms with Crippen LogP contribution in [-0.4, -0.2) is 33.0 Å². The molecule has 0 bridgehead atoms. The Kier molecular flexibility index (Phi) is 5.13. The van der Waals surface area contributed by atoms with Crippen molar-refractivity contribution in [2.75, 3.05) is 17.2 Å². The lowest BCUT2D eigenvalue weighted by Gasteiger charge is -2.15. The first-order chi connectivity index (χ1) is 14.6. The zero-order valence-electron chi connectivity index (χ0n) is 18.5. The Bertz CT molecular complexity index is 1170. The van der Waals surface area contributed by atoms with Crippen molar-refractivity contribution in [3.8, 4) is 11.1 Å². The van der Waals surface area contributed by atoms with Crippen molar-refractivity contribution in [3.05, 3.63) is 59.5 Å². The summed E-state index contributed by atoms with van der Waals surface area (Å²) in [6.07, 6.45) is 1.74. The number of rotatable bonds is 4. The molecule has 4 rings (SSSR count). The van der Waals surface area contributed by atoms with Gasteiger partial charge in [-0.25, -0.2) is 4.98 Å². The van der Waals surface area contributed by atoms with Crippen LogP contribution in [0.3, 0.4) is 0 Å². The van der Waals surface area contributed by atoms with Crippen molar-refractivity contribution in [2.45, 2.75) is 39.0 Å². The standard InChI is InChI=1S/C24H27N5O2/c1-14(30)27-16-8-6-7-15(11-16)17-9-10-25-23-21(17)18(13-26-23)22(31)19-12-20(24(2,3)4)28-29(19)5/h6-12,18H,13H2,1-5H3,(H,25,26)(H,27,30). The van der Waals surface area contributed by atoms with E-state index in [1.807, 2.05) is 43.4 Å². The third-order valence-corrected chi connectivity index (χ3v) is 5.52. The molecule has 0 spiro atoms. The average Bonchev–Trinajstić information content (AvgIpc) is 3.30. The highest BCUT2D eigenvalue weighted by molar-refractivity contribution is 6.03. The summed E-state index contributed by atoms with van der Waals surface area (Å²) < 4.78 is 1.67. The molecule has 0 aliphatic carbocycles. The fraction of sp³-hybridized carbons (Fsp3) is 0.333. The first-order valence-electron chi connectivity index (χ1n) is 10.3. The van der Waals surface area contributed by atoms with Gasteiger partial charge in [0.1, 0.15) is 11.5 Å². The van der Waals surface area contributed by atoms with Gasteiger partial charge in [0, 0.05) is 43.4 Å². The van der Waals surface area contributed by atoms with Gasteiger partial charge in [0.2, 0.25) is 5.91 Å². The van der Waals surface area contributed by atoms with Crippen LogP contribution in [0, 0.1) is 0 Å². The Balaban J connectivity index is 1.75. The number of fused-ring (bicyclic) bond motifs is 1. The molecule has 0 saturated heterocycles. The predicted octanol–water partition coefficient (Wildman–Crippen LogP) is 4.13. The number of hydrogen-bond donors (Lipinski definition) is 2. The molecule has 3 aromatic rings. The van der Waals surface area contributed by atoms with E-state index >= 15 is 0 Å². The minimum absolute atomic E-state index is 0.0176. The number of carbonyl (C=O) groups excluding carboxylic acids is 2.